The highest BCUT2D eigenvalue weighted by atomic mass is 16.5. The maximum absolute atomic E-state index is 12.4. The topological polar surface area (TPSA) is 50.1 Å². The van der Waals surface area contributed by atoms with E-state index < -0.39 is 5.60 Å². The number of nitriles is 1. The van der Waals surface area contributed by atoms with E-state index in [-0.39, 0.29) is 11.9 Å². The average Bonchev–Trinajstić information content (AvgIpc) is 2.63. The Kier molecular flexibility index (Phi) is 4.55. The number of hydrogen-bond donors (Lipinski definition) is 0. The van der Waals surface area contributed by atoms with Crippen LogP contribution in [0.25, 0.3) is 0 Å². The molecule has 0 aliphatic carbocycles. The lowest BCUT2D eigenvalue weighted by molar-refractivity contribution is -0.0976. The van der Waals surface area contributed by atoms with Crippen molar-refractivity contribution in [1.82, 2.24) is 0 Å². The largest absolute Gasteiger partial charge is 0.352 e. The third-order valence-electron chi connectivity index (χ3n) is 4.35. The third kappa shape index (κ3) is 3.33. The maximum Gasteiger partial charge on any atom is 0.179 e. The molecule has 3 heteroatoms. The minimum Gasteiger partial charge on any atom is -0.352 e. The highest BCUT2D eigenvalue weighted by molar-refractivity contribution is 5.96. The molecule has 0 bridgehead atoms. The fourth-order valence-electron chi connectivity index (χ4n) is 3.14. The molecular weight excluding hydrogens is 286 g/mol. The first-order chi connectivity index (χ1) is 11.2. The number of nitrogens with zero attached hydrogens (tertiary/aromatic N) is 1. The first-order valence-corrected chi connectivity index (χ1v) is 7.96. The Morgan fingerprint density at radius 3 is 2.43 bits per heavy atom. The average molecular weight is 305 g/mol. The number of carbonyl (C=O) groups is 1. The summed E-state index contributed by atoms with van der Waals surface area (Å²) in [6, 6.07) is 21.2. The zero-order valence-electron chi connectivity index (χ0n) is 12.9. The van der Waals surface area contributed by atoms with Gasteiger partial charge in [0, 0.05) is 12.0 Å². The van der Waals surface area contributed by atoms with Gasteiger partial charge >= 0.3 is 0 Å². The van der Waals surface area contributed by atoms with E-state index >= 15 is 0 Å². The molecule has 3 nitrogen and oxygen atoms in total. The van der Waals surface area contributed by atoms with Crippen LogP contribution in [0.5, 0.6) is 0 Å². The van der Waals surface area contributed by atoms with Crippen LogP contribution in [0.2, 0.25) is 0 Å². The molecule has 2 atom stereocenters. The van der Waals surface area contributed by atoms with E-state index in [9.17, 15) is 10.1 Å². The van der Waals surface area contributed by atoms with Crippen LogP contribution in [0.3, 0.4) is 0 Å². The lowest BCUT2D eigenvalue weighted by Gasteiger charge is -2.36. The zero-order chi connectivity index (χ0) is 16.1. The summed E-state index contributed by atoms with van der Waals surface area (Å²) >= 11 is 0. The molecular formula is C20H19NO2. The Labute approximate surface area is 136 Å². The molecule has 0 radical (unpaired) electrons. The molecule has 1 fully saturated rings. The van der Waals surface area contributed by atoms with Crippen molar-refractivity contribution in [2.45, 2.75) is 37.4 Å². The molecule has 0 unspecified atom stereocenters. The van der Waals surface area contributed by atoms with Gasteiger partial charge in [-0.1, -0.05) is 60.7 Å². The number of benzene rings is 2. The highest BCUT2D eigenvalue weighted by Gasteiger charge is 2.39. The number of hydrogen-bond acceptors (Lipinski definition) is 3. The van der Waals surface area contributed by atoms with Crippen LogP contribution >= 0.6 is 0 Å². The SMILES string of the molecule is N#C[C@]1(c2ccccc2)CCC[C@@H](CC(=O)c2ccccc2)O1. The van der Waals surface area contributed by atoms with E-state index in [4.69, 9.17) is 4.74 Å². The van der Waals surface area contributed by atoms with Gasteiger partial charge in [0.2, 0.25) is 0 Å². The van der Waals surface area contributed by atoms with E-state index in [1.54, 1.807) is 0 Å². The Hall–Kier alpha value is -2.44. The molecule has 2 aromatic rings. The monoisotopic (exact) mass is 305 g/mol. The Balaban J connectivity index is 1.76. The molecule has 0 saturated carbocycles. The van der Waals surface area contributed by atoms with Crippen LogP contribution in [0.15, 0.2) is 60.7 Å². The molecule has 2 aromatic carbocycles. The van der Waals surface area contributed by atoms with Gasteiger partial charge in [0.05, 0.1) is 6.10 Å². The predicted octanol–water partition coefficient (Wildman–Crippen LogP) is 4.25. The second-order valence-electron chi connectivity index (χ2n) is 5.93. The summed E-state index contributed by atoms with van der Waals surface area (Å²) in [6.07, 6.45) is 2.48. The number of rotatable bonds is 4. The van der Waals surface area contributed by atoms with Gasteiger partial charge in [0.15, 0.2) is 11.4 Å². The number of ether oxygens (including phenoxy) is 1. The predicted molar refractivity (Wildman–Crippen MR) is 87.8 cm³/mol. The summed E-state index contributed by atoms with van der Waals surface area (Å²) in [4.78, 5) is 12.4. The molecule has 0 spiro atoms. The van der Waals surface area contributed by atoms with E-state index in [0.29, 0.717) is 18.4 Å². The minimum atomic E-state index is -0.929. The lowest BCUT2D eigenvalue weighted by atomic mass is 9.85. The summed E-state index contributed by atoms with van der Waals surface area (Å²) in [7, 11) is 0. The van der Waals surface area contributed by atoms with E-state index in [1.807, 2.05) is 60.7 Å². The summed E-state index contributed by atoms with van der Waals surface area (Å²) in [6.45, 7) is 0. The second kappa shape index (κ2) is 6.76. The molecule has 116 valence electrons. The highest BCUT2D eigenvalue weighted by Crippen LogP contribution is 2.38. The Bertz CT molecular complexity index is 705. The van der Waals surface area contributed by atoms with Gasteiger partial charge in [-0.05, 0) is 24.8 Å². The first kappa shape index (κ1) is 15.5. The van der Waals surface area contributed by atoms with E-state index in [2.05, 4.69) is 6.07 Å². The van der Waals surface area contributed by atoms with Gasteiger partial charge in [-0.25, -0.2) is 0 Å². The van der Waals surface area contributed by atoms with Crippen LogP contribution in [-0.2, 0) is 10.3 Å². The van der Waals surface area contributed by atoms with Crippen molar-refractivity contribution < 1.29 is 9.53 Å². The zero-order valence-corrected chi connectivity index (χ0v) is 12.9. The minimum absolute atomic E-state index is 0.0670. The number of carbonyl (C=O) groups excluding carboxylic acids is 1. The van der Waals surface area contributed by atoms with Crippen LogP contribution in [0.1, 0.15) is 41.6 Å². The van der Waals surface area contributed by atoms with E-state index in [1.165, 1.54) is 0 Å². The normalized spacial score (nSPS) is 23.9. The van der Waals surface area contributed by atoms with Crippen molar-refractivity contribution in [3.63, 3.8) is 0 Å². The fraction of sp³-hybridized carbons (Fsp3) is 0.300. The van der Waals surface area contributed by atoms with Crippen molar-refractivity contribution >= 4 is 5.78 Å². The molecule has 0 N–H and O–H groups in total. The summed E-state index contributed by atoms with van der Waals surface area (Å²) < 4.78 is 6.12. The maximum atomic E-state index is 12.4. The lowest BCUT2D eigenvalue weighted by Crippen LogP contribution is -2.38. The van der Waals surface area contributed by atoms with Crippen molar-refractivity contribution in [2.24, 2.45) is 0 Å². The smallest absolute Gasteiger partial charge is 0.179 e. The van der Waals surface area contributed by atoms with Crippen LogP contribution in [-0.4, -0.2) is 11.9 Å². The molecule has 1 saturated heterocycles. The van der Waals surface area contributed by atoms with Gasteiger partial charge < -0.3 is 4.74 Å². The van der Waals surface area contributed by atoms with Crippen molar-refractivity contribution in [1.29, 1.82) is 5.26 Å². The fourth-order valence-corrected chi connectivity index (χ4v) is 3.14. The van der Waals surface area contributed by atoms with Crippen molar-refractivity contribution in [3.8, 4) is 6.07 Å². The van der Waals surface area contributed by atoms with Gasteiger partial charge in [-0.15, -0.1) is 0 Å². The Morgan fingerprint density at radius 1 is 1.13 bits per heavy atom. The van der Waals surface area contributed by atoms with Gasteiger partial charge in [0.25, 0.3) is 0 Å². The molecule has 0 aromatic heterocycles. The van der Waals surface area contributed by atoms with E-state index in [0.717, 1.165) is 18.4 Å². The number of Topliss-reactive ketones (excluding diaryl/α,β-unsaturated/α-hetero) is 1. The van der Waals surface area contributed by atoms with Gasteiger partial charge in [-0.2, -0.15) is 5.26 Å². The van der Waals surface area contributed by atoms with Crippen molar-refractivity contribution in [3.05, 3.63) is 71.8 Å². The quantitative estimate of drug-likeness (QED) is 0.794. The molecule has 1 heterocycles. The summed E-state index contributed by atoms with van der Waals surface area (Å²) in [5, 5.41) is 9.70. The van der Waals surface area contributed by atoms with Crippen molar-refractivity contribution in [2.75, 3.05) is 0 Å². The summed E-state index contributed by atoms with van der Waals surface area (Å²) in [5.41, 5.74) is 0.643. The van der Waals surface area contributed by atoms with Crippen LogP contribution in [0, 0.1) is 11.3 Å². The second-order valence-corrected chi connectivity index (χ2v) is 5.93. The molecule has 1 aliphatic rings. The standard InChI is InChI=1S/C20H19NO2/c21-15-20(17-10-5-2-6-11-17)13-7-12-18(23-20)14-19(22)16-8-3-1-4-9-16/h1-6,8-11,18H,7,12-14H2/t18-,20-/m0/s1. The van der Waals surface area contributed by atoms with Gasteiger partial charge in [-0.3, -0.25) is 4.79 Å². The van der Waals surface area contributed by atoms with Gasteiger partial charge in [0.1, 0.15) is 6.07 Å². The van der Waals surface area contributed by atoms with Crippen LogP contribution < -0.4 is 0 Å². The van der Waals surface area contributed by atoms with Crippen LogP contribution in [0.4, 0.5) is 0 Å². The molecule has 0 amide bonds. The summed E-state index contributed by atoms with van der Waals surface area (Å²) in [5.74, 6) is 0.0670. The third-order valence-corrected chi connectivity index (χ3v) is 4.35. The molecule has 3 rings (SSSR count). The first-order valence-electron chi connectivity index (χ1n) is 7.96. The molecule has 23 heavy (non-hydrogen) atoms. The Morgan fingerprint density at radius 2 is 1.78 bits per heavy atom. The molecule has 1 aliphatic heterocycles. The number of ketones is 1.